The van der Waals surface area contributed by atoms with Crippen molar-refractivity contribution in [2.75, 3.05) is 6.61 Å². The lowest BCUT2D eigenvalue weighted by Crippen LogP contribution is -2.44. The van der Waals surface area contributed by atoms with E-state index < -0.39 is 42.7 Å². The second-order valence-electron chi connectivity index (χ2n) is 8.98. The smallest absolute Gasteiger partial charge is 0.338 e. The van der Waals surface area contributed by atoms with E-state index in [0.29, 0.717) is 5.56 Å². The third-order valence-corrected chi connectivity index (χ3v) is 7.01. The number of carbonyl (C=O) groups excluding carboxylic acids is 2. The molecule has 1 fully saturated rings. The molecule has 4 atom stereocenters. The quantitative estimate of drug-likeness (QED) is 0.319. The number of halogens is 2. The number of nitrogens with zero attached hydrogens (tertiary/aromatic N) is 3. The van der Waals surface area contributed by atoms with Crippen molar-refractivity contribution in [3.63, 3.8) is 0 Å². The summed E-state index contributed by atoms with van der Waals surface area (Å²) in [4.78, 5) is 32.5. The summed E-state index contributed by atoms with van der Waals surface area (Å²) in [5.41, 5.74) is -1.74. The number of alkyl halides is 1. The van der Waals surface area contributed by atoms with Crippen molar-refractivity contribution in [2.45, 2.75) is 31.0 Å². The number of carbonyl (C=O) groups is 2. The minimum absolute atomic E-state index is 0.121. The Bertz CT molecular complexity index is 1650. The van der Waals surface area contributed by atoms with Crippen molar-refractivity contribution in [1.82, 2.24) is 14.5 Å². The average molecular weight is 594 g/mol. The molecule has 1 saturated heterocycles. The Morgan fingerprint density at radius 1 is 1.18 bits per heavy atom. The number of benzene rings is 2. The number of aromatic nitrogens is 3. The molecule has 12 heteroatoms. The molecule has 1 unspecified atom stereocenters. The Balaban J connectivity index is 1.51. The van der Waals surface area contributed by atoms with E-state index in [0.717, 1.165) is 0 Å². The Kier molecular flexibility index (Phi) is 7.03. The van der Waals surface area contributed by atoms with E-state index >= 15 is 4.39 Å². The zero-order valence-corrected chi connectivity index (χ0v) is 22.0. The van der Waals surface area contributed by atoms with Gasteiger partial charge in [-0.25, -0.2) is 19.0 Å². The zero-order valence-electron chi connectivity index (χ0n) is 20.4. The first kappa shape index (κ1) is 26.3. The molecule has 2 aromatic carbocycles. The van der Waals surface area contributed by atoms with Gasteiger partial charge < -0.3 is 19.2 Å². The van der Waals surface area contributed by atoms with Crippen LogP contribution in [0.2, 0.25) is 0 Å². The zero-order chi connectivity index (χ0) is 27.7. The maximum Gasteiger partial charge on any atom is 0.338 e. The van der Waals surface area contributed by atoms with Crippen molar-refractivity contribution in [3.05, 3.63) is 93.8 Å². The molecule has 2 aromatic heterocycles. The first-order valence-corrected chi connectivity index (χ1v) is 12.6. The number of rotatable bonds is 6. The van der Waals surface area contributed by atoms with Crippen LogP contribution >= 0.6 is 15.9 Å². The van der Waals surface area contributed by atoms with Crippen LogP contribution in [0, 0.1) is 16.7 Å². The molecular formula is C27H21BrFN5O5. The largest absolute Gasteiger partial charge is 0.459 e. The monoisotopic (exact) mass is 593 g/mol. The standard InChI is InChI=1S/C27H21BrFN5O5/c1-27(29)20(39-25(36)16-10-6-3-7-11-16)18(13-37-24(35)15-8-4-2-5-9-15)38-26(27)34-14-32-22(31)19-17(12-30)21(28)33-23(19)34/h2-11,14,18,20,26,31,33H,13H2,1H3/t18?,20-,26+,27-/m1/s1. The summed E-state index contributed by atoms with van der Waals surface area (Å²) in [6.07, 6.45) is -2.92. The van der Waals surface area contributed by atoms with Gasteiger partial charge in [-0.1, -0.05) is 36.4 Å². The topological polar surface area (TPSA) is 143 Å². The lowest BCUT2D eigenvalue weighted by atomic mass is 9.98. The Hall–Kier alpha value is -4.34. The molecule has 2 N–H and O–H groups in total. The number of hydrogen-bond donors (Lipinski definition) is 2. The van der Waals surface area contributed by atoms with Gasteiger partial charge >= 0.3 is 11.9 Å². The number of aromatic amines is 1. The number of fused-ring (bicyclic) bond motifs is 1. The Morgan fingerprint density at radius 3 is 2.41 bits per heavy atom. The van der Waals surface area contributed by atoms with Gasteiger partial charge in [0.2, 0.25) is 0 Å². The number of ether oxygens (including phenoxy) is 3. The molecule has 0 aliphatic carbocycles. The van der Waals surface area contributed by atoms with Gasteiger partial charge in [0.05, 0.1) is 22.1 Å². The van der Waals surface area contributed by atoms with Gasteiger partial charge in [0.1, 0.15) is 35.4 Å². The molecule has 1 aliphatic heterocycles. The van der Waals surface area contributed by atoms with Crippen molar-refractivity contribution in [3.8, 4) is 6.07 Å². The van der Waals surface area contributed by atoms with Gasteiger partial charge in [0.25, 0.3) is 0 Å². The lowest BCUT2D eigenvalue weighted by Gasteiger charge is -2.28. The number of H-pyrrole nitrogens is 1. The third-order valence-electron chi connectivity index (χ3n) is 6.42. The minimum Gasteiger partial charge on any atom is -0.459 e. The minimum atomic E-state index is -2.36. The fraction of sp³-hybridized carbons (Fsp3) is 0.222. The fourth-order valence-electron chi connectivity index (χ4n) is 4.51. The van der Waals surface area contributed by atoms with Crippen LogP contribution in [0.5, 0.6) is 0 Å². The lowest BCUT2D eigenvalue weighted by molar-refractivity contribution is -0.0615. The van der Waals surface area contributed by atoms with Crippen LogP contribution in [-0.2, 0) is 14.2 Å². The highest BCUT2D eigenvalue weighted by Gasteiger charge is 2.58. The van der Waals surface area contributed by atoms with Crippen LogP contribution < -0.4 is 5.49 Å². The molecule has 3 heterocycles. The third kappa shape index (κ3) is 4.82. The van der Waals surface area contributed by atoms with Crippen LogP contribution in [0.15, 0.2) is 71.6 Å². The van der Waals surface area contributed by atoms with E-state index in [2.05, 4.69) is 25.9 Å². The summed E-state index contributed by atoms with van der Waals surface area (Å²) in [6.45, 7) is 0.790. The summed E-state index contributed by atoms with van der Waals surface area (Å²) >= 11 is 3.26. The maximum atomic E-state index is 16.7. The van der Waals surface area contributed by atoms with Gasteiger partial charge in [0.15, 0.2) is 23.5 Å². The van der Waals surface area contributed by atoms with E-state index in [-0.39, 0.29) is 32.3 Å². The van der Waals surface area contributed by atoms with Crippen molar-refractivity contribution in [1.29, 1.82) is 10.7 Å². The van der Waals surface area contributed by atoms with Crippen molar-refractivity contribution >= 4 is 38.9 Å². The number of hydrogen-bond acceptors (Lipinski definition) is 8. The van der Waals surface area contributed by atoms with Crippen LogP contribution in [0.3, 0.4) is 0 Å². The summed E-state index contributed by atoms with van der Waals surface area (Å²) in [7, 11) is 0. The summed E-state index contributed by atoms with van der Waals surface area (Å²) in [6, 6.07) is 18.3. The maximum absolute atomic E-state index is 16.7. The highest BCUT2D eigenvalue weighted by molar-refractivity contribution is 9.10. The second kappa shape index (κ2) is 10.4. The van der Waals surface area contributed by atoms with Crippen LogP contribution in [0.1, 0.15) is 39.4 Å². The first-order chi connectivity index (χ1) is 18.7. The van der Waals surface area contributed by atoms with Crippen LogP contribution in [0.25, 0.3) is 11.0 Å². The average Bonchev–Trinajstić information content (AvgIpc) is 3.41. The van der Waals surface area contributed by atoms with Gasteiger partial charge in [-0.3, -0.25) is 9.98 Å². The van der Waals surface area contributed by atoms with E-state index in [1.165, 1.54) is 30.0 Å². The summed E-state index contributed by atoms with van der Waals surface area (Å²) < 4.78 is 35.4. The molecule has 0 radical (unpaired) electrons. The molecule has 0 amide bonds. The SMILES string of the molecule is C[C@@]1(F)[C@H](OC(=O)c2ccccc2)C(COC(=O)c2ccccc2)O[C@@H]1n1cnc(=N)c2c(C#N)c(Br)[nH]c21. The Morgan fingerprint density at radius 2 is 1.79 bits per heavy atom. The molecule has 0 spiro atoms. The van der Waals surface area contributed by atoms with E-state index in [1.807, 2.05) is 6.07 Å². The molecule has 0 saturated carbocycles. The van der Waals surface area contributed by atoms with Gasteiger partial charge in [-0.15, -0.1) is 0 Å². The predicted octanol–water partition coefficient (Wildman–Crippen LogP) is 4.19. The highest BCUT2D eigenvalue weighted by atomic mass is 79.9. The molecular weight excluding hydrogens is 573 g/mol. The molecule has 1 aliphatic rings. The molecule has 10 nitrogen and oxygen atoms in total. The Labute approximate surface area is 229 Å². The van der Waals surface area contributed by atoms with Gasteiger partial charge in [0, 0.05) is 0 Å². The highest BCUT2D eigenvalue weighted by Crippen LogP contribution is 2.44. The van der Waals surface area contributed by atoms with Gasteiger partial charge in [-0.2, -0.15) is 5.26 Å². The number of nitrogens with one attached hydrogen (secondary N) is 2. The number of esters is 2. The fourth-order valence-corrected chi connectivity index (χ4v) is 4.98. The molecule has 39 heavy (non-hydrogen) atoms. The van der Waals surface area contributed by atoms with Crippen LogP contribution in [-0.4, -0.2) is 51.0 Å². The summed E-state index contributed by atoms with van der Waals surface area (Å²) in [5.74, 6) is -1.43. The normalized spacial score (nSPS) is 22.4. The molecule has 4 aromatic rings. The summed E-state index contributed by atoms with van der Waals surface area (Å²) in [5, 5.41) is 17.9. The second-order valence-corrected chi connectivity index (χ2v) is 9.78. The van der Waals surface area contributed by atoms with Crippen LogP contribution in [0.4, 0.5) is 4.39 Å². The molecule has 5 rings (SSSR count). The van der Waals surface area contributed by atoms with E-state index in [1.54, 1.807) is 48.5 Å². The molecule has 198 valence electrons. The van der Waals surface area contributed by atoms with Gasteiger partial charge in [-0.05, 0) is 47.1 Å². The number of nitriles is 1. The predicted molar refractivity (Wildman–Crippen MR) is 138 cm³/mol. The van der Waals surface area contributed by atoms with Crippen molar-refractivity contribution < 1.29 is 28.2 Å². The van der Waals surface area contributed by atoms with Crippen molar-refractivity contribution in [2.24, 2.45) is 0 Å². The first-order valence-electron chi connectivity index (χ1n) is 11.8. The van der Waals surface area contributed by atoms with E-state index in [9.17, 15) is 14.9 Å². The molecule has 0 bridgehead atoms. The van der Waals surface area contributed by atoms with E-state index in [4.69, 9.17) is 19.6 Å².